The summed E-state index contributed by atoms with van der Waals surface area (Å²) < 4.78 is 2.02. The van der Waals surface area contributed by atoms with Crippen molar-refractivity contribution >= 4 is 16.8 Å². The minimum Gasteiger partial charge on any atom is -0.337 e. The molecule has 0 unspecified atom stereocenters. The van der Waals surface area contributed by atoms with Crippen molar-refractivity contribution in [2.45, 2.75) is 25.7 Å². The van der Waals surface area contributed by atoms with Crippen molar-refractivity contribution < 1.29 is 4.79 Å². The van der Waals surface area contributed by atoms with E-state index in [9.17, 15) is 4.79 Å². The van der Waals surface area contributed by atoms with E-state index in [2.05, 4.69) is 25.1 Å². The van der Waals surface area contributed by atoms with Crippen LogP contribution >= 0.6 is 0 Å². The molecule has 4 heterocycles. The predicted octanol–water partition coefficient (Wildman–Crippen LogP) is 3.08. The molecule has 0 spiro atoms. The number of nitrogens with zero attached hydrogens (tertiary/aromatic N) is 6. The van der Waals surface area contributed by atoms with Crippen LogP contribution in [0.5, 0.6) is 0 Å². The van der Waals surface area contributed by atoms with Crippen LogP contribution in [0.1, 0.15) is 40.8 Å². The van der Waals surface area contributed by atoms with Crippen LogP contribution in [0.25, 0.3) is 22.3 Å². The quantitative estimate of drug-likeness (QED) is 0.569. The van der Waals surface area contributed by atoms with Gasteiger partial charge in [-0.25, -0.2) is 4.98 Å². The zero-order chi connectivity index (χ0) is 20.7. The summed E-state index contributed by atoms with van der Waals surface area (Å²) in [4.78, 5) is 28.8. The van der Waals surface area contributed by atoms with Crippen LogP contribution in [0.3, 0.4) is 0 Å². The number of aromatic nitrogens is 6. The van der Waals surface area contributed by atoms with E-state index >= 15 is 0 Å². The van der Waals surface area contributed by atoms with E-state index in [0.29, 0.717) is 12.2 Å². The molecule has 3 aromatic heterocycles. The van der Waals surface area contributed by atoms with Crippen molar-refractivity contribution in [3.05, 3.63) is 60.1 Å². The number of hydrogen-bond acceptors (Lipinski definition) is 5. The fraction of sp³-hybridized carbons (Fsp3) is 0.318. The maximum atomic E-state index is 13.3. The van der Waals surface area contributed by atoms with E-state index in [0.717, 1.165) is 53.2 Å². The van der Waals surface area contributed by atoms with Gasteiger partial charge in [0.25, 0.3) is 5.91 Å². The Bertz CT molecular complexity index is 1230. The van der Waals surface area contributed by atoms with Crippen LogP contribution < -0.4 is 0 Å². The van der Waals surface area contributed by atoms with Crippen molar-refractivity contribution in [1.29, 1.82) is 0 Å². The van der Waals surface area contributed by atoms with Gasteiger partial charge in [-0.15, -0.1) is 0 Å². The summed E-state index contributed by atoms with van der Waals surface area (Å²) in [7, 11) is 1.98. The SMILES string of the molecule is Cc1ncc(-c2nccnc2[C@H]2CCCN(C(=O)c3n[nH]c4ccccc34)C2)n1C. The van der Waals surface area contributed by atoms with Crippen LogP contribution in [0.15, 0.2) is 42.9 Å². The number of carbonyl (C=O) groups is 1. The summed E-state index contributed by atoms with van der Waals surface area (Å²) in [5.41, 5.74) is 4.05. The summed E-state index contributed by atoms with van der Waals surface area (Å²) in [5, 5.41) is 8.11. The van der Waals surface area contributed by atoms with Gasteiger partial charge in [0.05, 0.1) is 23.1 Å². The smallest absolute Gasteiger partial charge is 0.275 e. The first-order chi connectivity index (χ1) is 14.6. The zero-order valence-corrected chi connectivity index (χ0v) is 17.0. The number of benzene rings is 1. The average Bonchev–Trinajstić information content (AvgIpc) is 3.37. The highest BCUT2D eigenvalue weighted by molar-refractivity contribution is 6.04. The van der Waals surface area contributed by atoms with Gasteiger partial charge in [0, 0.05) is 43.8 Å². The maximum absolute atomic E-state index is 13.3. The number of amides is 1. The van der Waals surface area contributed by atoms with Gasteiger partial charge in [-0.05, 0) is 25.8 Å². The standard InChI is InChI=1S/C22H23N7O/c1-14-25-12-18(28(14)2)21-19(23-9-10-24-21)15-6-5-11-29(13-15)22(30)20-16-7-3-4-8-17(16)26-27-20/h3-4,7-10,12,15H,5-6,11,13H2,1-2H3,(H,26,27)/t15-/m0/s1. The molecule has 5 rings (SSSR count). The summed E-state index contributed by atoms with van der Waals surface area (Å²) in [5.74, 6) is 0.998. The second-order valence-corrected chi connectivity index (χ2v) is 7.75. The molecule has 1 aliphatic heterocycles. The van der Waals surface area contributed by atoms with Crippen molar-refractivity contribution in [2.24, 2.45) is 7.05 Å². The van der Waals surface area contributed by atoms with Crippen LogP contribution in [-0.4, -0.2) is 53.6 Å². The molecule has 1 amide bonds. The number of piperidine rings is 1. The van der Waals surface area contributed by atoms with Crippen LogP contribution in [0.4, 0.5) is 0 Å². The largest absolute Gasteiger partial charge is 0.337 e. The van der Waals surface area contributed by atoms with Crippen molar-refractivity contribution in [3.63, 3.8) is 0 Å². The van der Waals surface area contributed by atoms with Gasteiger partial charge in [-0.2, -0.15) is 5.10 Å². The molecule has 4 aromatic rings. The molecule has 1 aromatic carbocycles. The minimum atomic E-state index is -0.0426. The van der Waals surface area contributed by atoms with Crippen molar-refractivity contribution in [2.75, 3.05) is 13.1 Å². The topological polar surface area (TPSA) is 92.6 Å². The first kappa shape index (κ1) is 18.5. The van der Waals surface area contributed by atoms with E-state index in [1.54, 1.807) is 12.4 Å². The third-order valence-corrected chi connectivity index (χ3v) is 5.96. The predicted molar refractivity (Wildman–Crippen MR) is 113 cm³/mol. The Balaban J connectivity index is 1.45. The number of H-pyrrole nitrogens is 1. The molecule has 0 aliphatic carbocycles. The Morgan fingerprint density at radius 3 is 2.83 bits per heavy atom. The molecule has 1 fully saturated rings. The lowest BCUT2D eigenvalue weighted by Crippen LogP contribution is -2.39. The van der Waals surface area contributed by atoms with Gasteiger partial charge < -0.3 is 9.47 Å². The van der Waals surface area contributed by atoms with E-state index in [-0.39, 0.29) is 11.8 Å². The Morgan fingerprint density at radius 2 is 2.00 bits per heavy atom. The lowest BCUT2D eigenvalue weighted by Gasteiger charge is -2.32. The Hall–Kier alpha value is -3.55. The number of carbonyl (C=O) groups excluding carboxylic acids is 1. The fourth-order valence-electron chi connectivity index (χ4n) is 4.23. The van der Waals surface area contributed by atoms with E-state index in [1.165, 1.54) is 0 Å². The second kappa shape index (κ2) is 7.37. The third-order valence-electron chi connectivity index (χ3n) is 5.96. The summed E-state index contributed by atoms with van der Waals surface area (Å²) in [6.07, 6.45) is 7.16. The first-order valence-electron chi connectivity index (χ1n) is 10.2. The number of imidazole rings is 1. The summed E-state index contributed by atoms with van der Waals surface area (Å²) in [6, 6.07) is 7.72. The molecule has 1 saturated heterocycles. The Morgan fingerprint density at radius 1 is 1.17 bits per heavy atom. The third kappa shape index (κ3) is 3.04. The number of para-hydroxylation sites is 1. The number of likely N-dealkylation sites (tertiary alicyclic amines) is 1. The van der Waals surface area contributed by atoms with E-state index < -0.39 is 0 Å². The lowest BCUT2D eigenvalue weighted by molar-refractivity contribution is 0.0702. The average molecular weight is 401 g/mol. The Kier molecular flexibility index (Phi) is 4.54. The molecule has 8 nitrogen and oxygen atoms in total. The molecule has 30 heavy (non-hydrogen) atoms. The van der Waals surface area contributed by atoms with Crippen LogP contribution in [0, 0.1) is 6.92 Å². The van der Waals surface area contributed by atoms with Gasteiger partial charge in [-0.1, -0.05) is 18.2 Å². The zero-order valence-electron chi connectivity index (χ0n) is 17.0. The molecule has 1 aliphatic rings. The first-order valence-corrected chi connectivity index (χ1v) is 10.2. The van der Waals surface area contributed by atoms with Crippen LogP contribution in [-0.2, 0) is 7.05 Å². The molecule has 0 saturated carbocycles. The molecule has 152 valence electrons. The minimum absolute atomic E-state index is 0.0426. The number of nitrogens with one attached hydrogen (secondary N) is 1. The summed E-state index contributed by atoms with van der Waals surface area (Å²) in [6.45, 7) is 3.29. The molecule has 0 radical (unpaired) electrons. The van der Waals surface area contributed by atoms with Gasteiger partial charge >= 0.3 is 0 Å². The molecule has 1 N–H and O–H groups in total. The number of aryl methyl sites for hydroxylation is 1. The highest BCUT2D eigenvalue weighted by Gasteiger charge is 2.30. The number of hydrogen-bond donors (Lipinski definition) is 1. The molecular weight excluding hydrogens is 378 g/mol. The summed E-state index contributed by atoms with van der Waals surface area (Å²) >= 11 is 0. The molecule has 1 atom stereocenters. The number of aromatic amines is 1. The second-order valence-electron chi connectivity index (χ2n) is 7.75. The highest BCUT2D eigenvalue weighted by atomic mass is 16.2. The van der Waals surface area contributed by atoms with Gasteiger partial charge in [0.1, 0.15) is 11.5 Å². The lowest BCUT2D eigenvalue weighted by atomic mass is 9.92. The monoisotopic (exact) mass is 401 g/mol. The fourth-order valence-corrected chi connectivity index (χ4v) is 4.23. The van der Waals surface area contributed by atoms with Crippen LogP contribution in [0.2, 0.25) is 0 Å². The van der Waals surface area contributed by atoms with E-state index in [1.807, 2.05) is 53.9 Å². The number of fused-ring (bicyclic) bond motifs is 1. The van der Waals surface area contributed by atoms with Crippen molar-refractivity contribution in [1.82, 2.24) is 34.6 Å². The van der Waals surface area contributed by atoms with Gasteiger partial charge in [-0.3, -0.25) is 19.9 Å². The molecule has 0 bridgehead atoms. The maximum Gasteiger partial charge on any atom is 0.275 e. The normalized spacial score (nSPS) is 16.9. The van der Waals surface area contributed by atoms with Gasteiger partial charge in [0.15, 0.2) is 5.69 Å². The van der Waals surface area contributed by atoms with Crippen molar-refractivity contribution in [3.8, 4) is 11.4 Å². The molecule has 8 heteroatoms. The Labute approximate surface area is 174 Å². The highest BCUT2D eigenvalue weighted by Crippen LogP contribution is 2.32. The van der Waals surface area contributed by atoms with Gasteiger partial charge in [0.2, 0.25) is 0 Å². The molecular formula is C22H23N7O. The number of rotatable bonds is 3. The van der Waals surface area contributed by atoms with E-state index in [4.69, 9.17) is 0 Å².